The number of rotatable bonds is 8. The van der Waals surface area contributed by atoms with E-state index in [1.165, 1.54) is 36.4 Å². The first-order valence-electron chi connectivity index (χ1n) is 14.1. The third-order valence-corrected chi connectivity index (χ3v) is 11.7. The molecule has 0 saturated heterocycles. The van der Waals surface area contributed by atoms with Crippen LogP contribution in [-0.2, 0) is 41.2 Å². The van der Waals surface area contributed by atoms with Gasteiger partial charge in [-0.25, -0.2) is 4.98 Å². The number of fused-ring (bicyclic) bond motifs is 2. The van der Waals surface area contributed by atoms with E-state index >= 15 is 0 Å². The van der Waals surface area contributed by atoms with Crippen LogP contribution in [0.1, 0.15) is 12.5 Å². The molecular formula is C31H22N2O13S4. The van der Waals surface area contributed by atoms with Crippen molar-refractivity contribution in [3.8, 4) is 0 Å². The van der Waals surface area contributed by atoms with Gasteiger partial charge in [0.05, 0.1) is 43.2 Å². The second kappa shape index (κ2) is 12.2. The highest BCUT2D eigenvalue weighted by Gasteiger charge is 2.27. The second-order valence-electron chi connectivity index (χ2n) is 10.8. The van der Waals surface area contributed by atoms with Crippen molar-refractivity contribution in [2.24, 2.45) is 0 Å². The zero-order chi connectivity index (χ0) is 36.5. The van der Waals surface area contributed by atoms with Gasteiger partial charge in [0, 0.05) is 32.0 Å². The zero-order valence-electron chi connectivity index (χ0n) is 25.2. The standard InChI is InChI=1S/C31H22N2O13S4/c1-2-47(37)16-10-11-22(49(41,42)43)20(13-16)32-21-14-23(50(44,45)46)28-26-24(18-8-3-4-9-19(18)30(35)25(21)26)27(31(36)33-28)29(34)15-6-5-7-17(12-15)48(38,39)40/h3-14,32,34H,2H2,1H3,(H,38,39,40)(H,41,42,43)(H,44,45,46). The minimum Gasteiger partial charge on any atom is -0.506 e. The van der Waals surface area contributed by atoms with Gasteiger partial charge in [-0.05, 0) is 41.8 Å². The number of nitrogens with one attached hydrogen (secondary N) is 1. The van der Waals surface area contributed by atoms with Gasteiger partial charge < -0.3 is 10.4 Å². The third kappa shape index (κ3) is 5.98. The summed E-state index contributed by atoms with van der Waals surface area (Å²) < 4.78 is 116. The first-order chi connectivity index (χ1) is 23.3. The Kier molecular flexibility index (Phi) is 8.50. The van der Waals surface area contributed by atoms with Crippen LogP contribution in [0.3, 0.4) is 0 Å². The second-order valence-corrected chi connectivity index (χ2v) is 16.7. The summed E-state index contributed by atoms with van der Waals surface area (Å²) in [6.07, 6.45) is 0. The van der Waals surface area contributed by atoms with Crippen molar-refractivity contribution in [2.75, 3.05) is 11.1 Å². The van der Waals surface area contributed by atoms with Gasteiger partial charge in [0.25, 0.3) is 35.9 Å². The minimum atomic E-state index is -5.28. The number of benzene rings is 4. The largest absolute Gasteiger partial charge is 0.506 e. The van der Waals surface area contributed by atoms with Gasteiger partial charge in [-0.15, -0.1) is 0 Å². The van der Waals surface area contributed by atoms with E-state index in [0.29, 0.717) is 0 Å². The molecule has 0 amide bonds. The number of hydrogen-bond acceptors (Lipinski definition) is 12. The topological polar surface area (TPSA) is 259 Å². The summed E-state index contributed by atoms with van der Waals surface area (Å²) >= 11 is 0. The van der Waals surface area contributed by atoms with Gasteiger partial charge >= 0.3 is 0 Å². The van der Waals surface area contributed by atoms with E-state index in [2.05, 4.69) is 10.3 Å². The van der Waals surface area contributed by atoms with Gasteiger partial charge in [0.2, 0.25) is 0 Å². The molecule has 1 aliphatic carbocycles. The zero-order valence-corrected chi connectivity index (χ0v) is 28.4. The molecule has 2 aliphatic rings. The van der Waals surface area contributed by atoms with E-state index in [0.717, 1.165) is 36.4 Å². The van der Waals surface area contributed by atoms with E-state index in [4.69, 9.17) is 0 Å². The lowest BCUT2D eigenvalue weighted by Gasteiger charge is -2.17. The van der Waals surface area contributed by atoms with E-state index in [1.54, 1.807) is 6.92 Å². The van der Waals surface area contributed by atoms with Crippen molar-refractivity contribution in [1.29, 1.82) is 0 Å². The van der Waals surface area contributed by atoms with E-state index in [-0.39, 0.29) is 37.4 Å². The number of hydrogen-bond donors (Lipinski definition) is 5. The van der Waals surface area contributed by atoms with Crippen molar-refractivity contribution in [3.05, 3.63) is 115 Å². The van der Waals surface area contributed by atoms with E-state index in [9.17, 15) is 57.8 Å². The Labute approximate surface area is 284 Å². The molecule has 6 rings (SSSR count). The lowest BCUT2D eigenvalue weighted by Crippen LogP contribution is -2.33. The quantitative estimate of drug-likeness (QED) is 0.140. The van der Waals surface area contributed by atoms with Crippen LogP contribution < -0.4 is 21.5 Å². The lowest BCUT2D eigenvalue weighted by atomic mass is 9.96. The van der Waals surface area contributed by atoms with Crippen LogP contribution in [-0.4, -0.2) is 59.0 Å². The number of anilines is 2. The van der Waals surface area contributed by atoms with Crippen LogP contribution in [0.25, 0.3) is 27.4 Å². The van der Waals surface area contributed by atoms with Crippen LogP contribution in [0.4, 0.5) is 11.4 Å². The molecule has 0 fully saturated rings. The first-order valence-corrected chi connectivity index (χ1v) is 19.7. The van der Waals surface area contributed by atoms with Gasteiger partial charge in [0.1, 0.15) is 15.6 Å². The molecule has 0 spiro atoms. The Morgan fingerprint density at radius 1 is 0.760 bits per heavy atom. The number of aliphatic hydroxyl groups is 1. The summed E-state index contributed by atoms with van der Waals surface area (Å²) in [6.45, 7) is 1.59. The molecule has 19 heteroatoms. The van der Waals surface area contributed by atoms with Gasteiger partial charge in [-0.3, -0.25) is 27.5 Å². The molecule has 0 saturated carbocycles. The number of nitrogens with zero attached hydrogens (tertiary/aromatic N) is 1. The molecule has 1 atom stereocenters. The highest BCUT2D eigenvalue weighted by atomic mass is 32.2. The fraction of sp³-hybridized carbons (Fsp3) is 0.0645. The van der Waals surface area contributed by atoms with Crippen LogP contribution in [0.5, 0.6) is 0 Å². The summed E-state index contributed by atoms with van der Waals surface area (Å²) in [4.78, 5) is 29.5. The molecule has 1 aliphatic heterocycles. The molecule has 50 heavy (non-hydrogen) atoms. The summed E-state index contributed by atoms with van der Waals surface area (Å²) in [7, 11) is -16.7. The molecular weight excluding hydrogens is 737 g/mol. The van der Waals surface area contributed by atoms with Crippen molar-refractivity contribution in [3.63, 3.8) is 0 Å². The predicted molar refractivity (Wildman–Crippen MR) is 181 cm³/mol. The van der Waals surface area contributed by atoms with Gasteiger partial charge in [0.15, 0.2) is 5.43 Å². The maximum atomic E-state index is 14.2. The first kappa shape index (κ1) is 35.0. The number of aliphatic hydroxyl groups excluding tert-OH is 1. The summed E-state index contributed by atoms with van der Waals surface area (Å²) in [6, 6.07) is 13.9. The average Bonchev–Trinajstić information content (AvgIpc) is 3.05. The normalized spacial score (nSPS) is 13.9. The molecule has 15 nitrogen and oxygen atoms in total. The molecule has 0 bridgehead atoms. The van der Waals surface area contributed by atoms with Crippen LogP contribution in [0.15, 0.2) is 102 Å². The molecule has 4 aromatic carbocycles. The molecule has 1 unspecified atom stereocenters. The van der Waals surface area contributed by atoms with Crippen molar-refractivity contribution >= 4 is 80.0 Å². The SMILES string of the molecule is CCS(=O)c1ccc(S(=O)(=O)O)c(Nc2cc(S(=O)(=O)O)c3nc(=O)c(=C(O)c4cccc(S(=O)(=O)O)c4)c4c5ccccc5c(=O)c2c3=4)c1. The Morgan fingerprint density at radius 2 is 1.42 bits per heavy atom. The minimum absolute atomic E-state index is 0.000568. The predicted octanol–water partition coefficient (Wildman–Crippen LogP) is 2.32. The van der Waals surface area contributed by atoms with Crippen molar-refractivity contribution in [2.45, 2.75) is 26.5 Å². The summed E-state index contributed by atoms with van der Waals surface area (Å²) in [5, 5.41) is 12.4. The molecule has 5 N–H and O–H groups in total. The summed E-state index contributed by atoms with van der Waals surface area (Å²) in [5.74, 6) is -0.772. The molecule has 4 aromatic rings. The monoisotopic (exact) mass is 758 g/mol. The highest BCUT2D eigenvalue weighted by Crippen LogP contribution is 2.34. The Bertz CT molecular complexity index is 3040. The Balaban J connectivity index is 1.90. The third-order valence-electron chi connectivity index (χ3n) is 7.80. The van der Waals surface area contributed by atoms with Crippen LogP contribution >= 0.6 is 0 Å². The summed E-state index contributed by atoms with van der Waals surface area (Å²) in [5.41, 5.74) is -3.96. The van der Waals surface area contributed by atoms with Gasteiger partial charge in [-0.1, -0.05) is 43.3 Å². The Hall–Kier alpha value is -4.89. The maximum absolute atomic E-state index is 14.2. The van der Waals surface area contributed by atoms with Crippen molar-refractivity contribution in [1.82, 2.24) is 4.98 Å². The lowest BCUT2D eigenvalue weighted by molar-refractivity contribution is 0.480. The van der Waals surface area contributed by atoms with Crippen LogP contribution in [0.2, 0.25) is 0 Å². The van der Waals surface area contributed by atoms with Gasteiger partial charge in [-0.2, -0.15) is 25.3 Å². The number of aromatic nitrogens is 1. The smallest absolute Gasteiger partial charge is 0.296 e. The highest BCUT2D eigenvalue weighted by molar-refractivity contribution is 7.86. The van der Waals surface area contributed by atoms with Crippen molar-refractivity contribution < 1.29 is 48.2 Å². The maximum Gasteiger partial charge on any atom is 0.296 e. The molecule has 1 heterocycles. The molecule has 0 radical (unpaired) electrons. The molecule has 258 valence electrons. The fourth-order valence-electron chi connectivity index (χ4n) is 5.68. The fourth-order valence-corrected chi connectivity index (χ4v) is 8.29. The van der Waals surface area contributed by atoms with E-state index < -0.39 is 100 Å². The van der Waals surface area contributed by atoms with E-state index in [1.807, 2.05) is 0 Å². The molecule has 0 aromatic heterocycles. The van der Waals surface area contributed by atoms with Crippen LogP contribution in [0, 0.1) is 10.4 Å². The average molecular weight is 759 g/mol. The Morgan fingerprint density at radius 3 is 2.04 bits per heavy atom.